The summed E-state index contributed by atoms with van der Waals surface area (Å²) in [7, 11) is 0. The van der Waals surface area contributed by atoms with Crippen molar-refractivity contribution in [2.24, 2.45) is 0 Å². The molecule has 1 aromatic heterocycles. The van der Waals surface area contributed by atoms with E-state index < -0.39 is 0 Å². The molecule has 0 aliphatic heterocycles. The van der Waals surface area contributed by atoms with Gasteiger partial charge in [-0.3, -0.25) is 4.98 Å². The molecule has 1 nitrogen and oxygen atoms in total. The predicted octanol–water partition coefficient (Wildman–Crippen LogP) is 4.17. The number of thioether (sulfide) groups is 1. The van der Waals surface area contributed by atoms with E-state index in [-0.39, 0.29) is 0 Å². The number of rotatable bonds is 3. The number of benzene rings is 1. The summed E-state index contributed by atoms with van der Waals surface area (Å²) in [5.41, 5.74) is 3.38. The maximum atomic E-state index is 4.69. The molecule has 1 heterocycles. The van der Waals surface area contributed by atoms with Gasteiger partial charge in [0.05, 0.1) is 11.4 Å². The van der Waals surface area contributed by atoms with Gasteiger partial charge in [-0.15, -0.1) is 0 Å². The van der Waals surface area contributed by atoms with Crippen molar-refractivity contribution in [1.29, 1.82) is 0 Å². The number of nitrogens with zero attached hydrogens (tertiary/aromatic N) is 1. The summed E-state index contributed by atoms with van der Waals surface area (Å²) in [6, 6.07) is 16.5. The largest absolute Gasteiger partial charge is 0.252 e. The number of hydrogen-bond acceptors (Lipinski definition) is 2. The molecule has 0 fully saturated rings. The molecule has 1 atom stereocenters. The minimum atomic E-state index is 0.448. The Morgan fingerprint density at radius 1 is 1.00 bits per heavy atom. The molecule has 0 saturated heterocycles. The monoisotopic (exact) mass is 229 g/mol. The summed E-state index contributed by atoms with van der Waals surface area (Å²) in [6.07, 6.45) is 2.11. The Morgan fingerprint density at radius 3 is 2.44 bits per heavy atom. The molecule has 1 unspecified atom stereocenters. The Balaban J connectivity index is 2.36. The van der Waals surface area contributed by atoms with Gasteiger partial charge in [-0.25, -0.2) is 0 Å². The van der Waals surface area contributed by atoms with Crippen LogP contribution in [0.25, 0.3) is 11.3 Å². The van der Waals surface area contributed by atoms with Crippen molar-refractivity contribution in [2.75, 3.05) is 6.26 Å². The topological polar surface area (TPSA) is 12.9 Å². The molecular formula is C14H15NS. The molecule has 1 aromatic carbocycles. The minimum absolute atomic E-state index is 0.448. The smallest absolute Gasteiger partial charge is 0.0705 e. The number of pyridine rings is 1. The summed E-state index contributed by atoms with van der Waals surface area (Å²) in [5.74, 6) is 0. The molecule has 0 N–H and O–H groups in total. The molecule has 0 radical (unpaired) electrons. The highest BCUT2D eigenvalue weighted by molar-refractivity contribution is 7.98. The molecule has 2 aromatic rings. The summed E-state index contributed by atoms with van der Waals surface area (Å²) >= 11 is 1.82. The Morgan fingerprint density at radius 2 is 1.75 bits per heavy atom. The van der Waals surface area contributed by atoms with Gasteiger partial charge < -0.3 is 0 Å². The average Bonchev–Trinajstić information content (AvgIpc) is 2.39. The van der Waals surface area contributed by atoms with Crippen LogP contribution in [0.3, 0.4) is 0 Å². The van der Waals surface area contributed by atoms with Crippen molar-refractivity contribution >= 4 is 11.8 Å². The van der Waals surface area contributed by atoms with Gasteiger partial charge in [0.2, 0.25) is 0 Å². The Bertz CT molecular complexity index is 453. The van der Waals surface area contributed by atoms with E-state index in [1.165, 1.54) is 5.56 Å². The van der Waals surface area contributed by atoms with Gasteiger partial charge in [-0.2, -0.15) is 11.8 Å². The molecule has 0 amide bonds. The highest BCUT2D eigenvalue weighted by atomic mass is 32.2. The first kappa shape index (κ1) is 11.2. The van der Waals surface area contributed by atoms with Gasteiger partial charge in [-0.05, 0) is 25.3 Å². The van der Waals surface area contributed by atoms with Gasteiger partial charge in [0.1, 0.15) is 0 Å². The molecule has 2 heteroatoms. The van der Waals surface area contributed by atoms with Crippen LogP contribution in [0.1, 0.15) is 17.9 Å². The van der Waals surface area contributed by atoms with E-state index in [0.29, 0.717) is 5.25 Å². The van der Waals surface area contributed by atoms with E-state index in [1.807, 2.05) is 30.0 Å². The fraction of sp³-hybridized carbons (Fsp3) is 0.214. The minimum Gasteiger partial charge on any atom is -0.252 e. The third-order valence-electron chi connectivity index (χ3n) is 2.61. The van der Waals surface area contributed by atoms with Gasteiger partial charge in [0, 0.05) is 10.8 Å². The van der Waals surface area contributed by atoms with Crippen molar-refractivity contribution in [3.8, 4) is 11.3 Å². The standard InChI is InChI=1S/C14H15NS/c1-11(16-2)13-9-6-10-14(15-13)12-7-4-3-5-8-12/h3-11H,1-2H3. The quantitative estimate of drug-likeness (QED) is 0.783. The fourth-order valence-corrected chi connectivity index (χ4v) is 1.94. The molecule has 2 rings (SSSR count). The Hall–Kier alpha value is -1.28. The van der Waals surface area contributed by atoms with Crippen LogP contribution in [-0.2, 0) is 0 Å². The highest BCUT2D eigenvalue weighted by Crippen LogP contribution is 2.26. The Labute approximate surface area is 101 Å². The molecular weight excluding hydrogens is 214 g/mol. The van der Waals surface area contributed by atoms with E-state index in [0.717, 1.165) is 11.4 Å². The van der Waals surface area contributed by atoms with Crippen LogP contribution in [0.15, 0.2) is 48.5 Å². The summed E-state index contributed by atoms with van der Waals surface area (Å²) in [6.45, 7) is 2.18. The number of aromatic nitrogens is 1. The molecule has 0 aliphatic carbocycles. The molecule has 16 heavy (non-hydrogen) atoms. The van der Waals surface area contributed by atoms with Crippen LogP contribution in [0.5, 0.6) is 0 Å². The van der Waals surface area contributed by atoms with E-state index >= 15 is 0 Å². The van der Waals surface area contributed by atoms with Crippen LogP contribution in [0.4, 0.5) is 0 Å². The van der Waals surface area contributed by atoms with Crippen LogP contribution in [0, 0.1) is 0 Å². The first-order valence-corrected chi connectivity index (χ1v) is 6.65. The first-order chi connectivity index (χ1) is 7.81. The third kappa shape index (κ3) is 2.45. The van der Waals surface area contributed by atoms with Crippen LogP contribution in [0.2, 0.25) is 0 Å². The second-order valence-electron chi connectivity index (χ2n) is 3.69. The van der Waals surface area contributed by atoms with Crippen LogP contribution in [-0.4, -0.2) is 11.2 Å². The first-order valence-electron chi connectivity index (χ1n) is 5.36. The lowest BCUT2D eigenvalue weighted by molar-refractivity contribution is 1.01. The van der Waals surface area contributed by atoms with Crippen LogP contribution >= 0.6 is 11.8 Å². The fourth-order valence-electron chi connectivity index (χ4n) is 1.57. The summed E-state index contributed by atoms with van der Waals surface area (Å²) in [4.78, 5) is 4.69. The van der Waals surface area contributed by atoms with Gasteiger partial charge in [-0.1, -0.05) is 36.4 Å². The SMILES string of the molecule is CSC(C)c1cccc(-c2ccccc2)n1. The van der Waals surface area contributed by atoms with E-state index in [1.54, 1.807) is 0 Å². The number of hydrogen-bond donors (Lipinski definition) is 0. The van der Waals surface area contributed by atoms with Gasteiger partial charge in [0.15, 0.2) is 0 Å². The molecule has 0 aliphatic rings. The maximum absolute atomic E-state index is 4.69. The normalized spacial score (nSPS) is 12.4. The van der Waals surface area contributed by atoms with E-state index in [9.17, 15) is 0 Å². The Kier molecular flexibility index (Phi) is 3.62. The lowest BCUT2D eigenvalue weighted by Crippen LogP contribution is -1.93. The second-order valence-corrected chi connectivity index (χ2v) is 4.87. The average molecular weight is 229 g/mol. The van der Waals surface area contributed by atoms with Crippen molar-refractivity contribution < 1.29 is 0 Å². The zero-order valence-corrected chi connectivity index (χ0v) is 10.4. The molecule has 0 bridgehead atoms. The molecule has 0 saturated carbocycles. The van der Waals surface area contributed by atoms with Crippen LogP contribution < -0.4 is 0 Å². The zero-order chi connectivity index (χ0) is 11.4. The third-order valence-corrected chi connectivity index (χ3v) is 3.56. The van der Waals surface area contributed by atoms with Gasteiger partial charge >= 0.3 is 0 Å². The summed E-state index contributed by atoms with van der Waals surface area (Å²) < 4.78 is 0. The van der Waals surface area contributed by atoms with Crippen molar-refractivity contribution in [1.82, 2.24) is 4.98 Å². The zero-order valence-electron chi connectivity index (χ0n) is 9.55. The summed E-state index contributed by atoms with van der Waals surface area (Å²) in [5, 5.41) is 0.448. The van der Waals surface area contributed by atoms with Crippen molar-refractivity contribution in [2.45, 2.75) is 12.2 Å². The lowest BCUT2D eigenvalue weighted by atomic mass is 10.1. The van der Waals surface area contributed by atoms with E-state index in [2.05, 4.69) is 43.5 Å². The lowest BCUT2D eigenvalue weighted by Gasteiger charge is -2.09. The van der Waals surface area contributed by atoms with Crippen molar-refractivity contribution in [3.05, 3.63) is 54.2 Å². The van der Waals surface area contributed by atoms with Gasteiger partial charge in [0.25, 0.3) is 0 Å². The maximum Gasteiger partial charge on any atom is 0.0705 e. The molecule has 0 spiro atoms. The molecule has 82 valence electrons. The predicted molar refractivity (Wildman–Crippen MR) is 71.6 cm³/mol. The second kappa shape index (κ2) is 5.17. The van der Waals surface area contributed by atoms with Crippen molar-refractivity contribution in [3.63, 3.8) is 0 Å². The highest BCUT2D eigenvalue weighted by Gasteiger charge is 2.06. The van der Waals surface area contributed by atoms with E-state index in [4.69, 9.17) is 4.98 Å².